The second kappa shape index (κ2) is 14.6. The van der Waals surface area contributed by atoms with Crippen LogP contribution in [0.15, 0.2) is 45.3 Å². The number of esters is 2. The van der Waals surface area contributed by atoms with Crippen LogP contribution < -0.4 is 0 Å². The molecule has 1 aliphatic carbocycles. The zero-order valence-electron chi connectivity index (χ0n) is 21.5. The molecule has 210 valence electrons. The van der Waals surface area contributed by atoms with E-state index in [9.17, 15) is 19.2 Å². The van der Waals surface area contributed by atoms with Gasteiger partial charge in [-0.15, -0.1) is 0 Å². The largest absolute Gasteiger partial charge is 0.513 e. The number of carbonyl (C=O) groups is 4. The molecule has 8 nitrogen and oxygen atoms in total. The van der Waals surface area contributed by atoms with E-state index in [4.69, 9.17) is 10.2 Å². The lowest BCUT2D eigenvalue weighted by molar-refractivity contribution is -0.140. The molecule has 0 aliphatic heterocycles. The van der Waals surface area contributed by atoms with E-state index in [1.165, 1.54) is 22.3 Å². The molecule has 0 atom stereocenters. The van der Waals surface area contributed by atoms with Gasteiger partial charge in [-0.25, -0.2) is 9.59 Å². The van der Waals surface area contributed by atoms with Gasteiger partial charge in [0.2, 0.25) is 0 Å². The quantitative estimate of drug-likeness (QED) is 0.116. The number of halogens is 2. The topological polar surface area (TPSA) is 127 Å². The molecule has 0 radical (unpaired) electrons. The van der Waals surface area contributed by atoms with Gasteiger partial charge in [0.05, 0.1) is 0 Å². The second-order valence-corrected chi connectivity index (χ2v) is 11.6. The molecule has 39 heavy (non-hydrogen) atoms. The fraction of sp³-hybridized carbons (Fsp3) is 0.448. The van der Waals surface area contributed by atoms with E-state index in [1.807, 2.05) is 0 Å². The van der Waals surface area contributed by atoms with Gasteiger partial charge in [0.15, 0.2) is 0 Å². The summed E-state index contributed by atoms with van der Waals surface area (Å²) in [5, 5.41) is 17.1. The van der Waals surface area contributed by atoms with Crippen molar-refractivity contribution in [1.29, 1.82) is 0 Å². The Bertz CT molecular complexity index is 1120. The summed E-state index contributed by atoms with van der Waals surface area (Å²) < 4.78 is 10.4. The lowest BCUT2D eigenvalue weighted by Gasteiger charge is -2.33. The first-order valence-electron chi connectivity index (χ1n) is 13.1. The van der Waals surface area contributed by atoms with Crippen molar-refractivity contribution in [3.05, 3.63) is 56.5 Å². The fourth-order valence-corrected chi connectivity index (χ4v) is 6.22. The van der Waals surface area contributed by atoms with Crippen LogP contribution in [0.1, 0.15) is 88.2 Å². The lowest BCUT2D eigenvalue weighted by Crippen LogP contribution is -2.25. The van der Waals surface area contributed by atoms with Gasteiger partial charge in [0.25, 0.3) is 0 Å². The van der Waals surface area contributed by atoms with E-state index >= 15 is 0 Å². The van der Waals surface area contributed by atoms with Crippen LogP contribution in [0.4, 0.5) is 9.59 Å². The normalized spacial score (nSPS) is 12.9. The molecule has 2 aromatic carbocycles. The highest BCUT2D eigenvalue weighted by Crippen LogP contribution is 2.55. The van der Waals surface area contributed by atoms with Crippen LogP contribution in [0.2, 0.25) is 0 Å². The number of carbonyl (C=O) groups excluding carboxylic acids is 2. The molecule has 0 fully saturated rings. The van der Waals surface area contributed by atoms with Gasteiger partial charge < -0.3 is 19.7 Å². The summed E-state index contributed by atoms with van der Waals surface area (Å²) in [5.74, 6) is -1.44. The Balaban J connectivity index is 1.69. The van der Waals surface area contributed by atoms with E-state index < -0.39 is 24.2 Å². The van der Waals surface area contributed by atoms with Crippen LogP contribution >= 0.6 is 31.9 Å². The van der Waals surface area contributed by atoms with Crippen molar-refractivity contribution in [3.8, 4) is 11.1 Å². The number of unbranched alkanes of at least 4 members (excludes halogenated alkanes) is 6. The molecule has 10 heteroatoms. The van der Waals surface area contributed by atoms with E-state index in [2.05, 4.69) is 77.7 Å². The van der Waals surface area contributed by atoms with Crippen molar-refractivity contribution in [2.75, 3.05) is 0 Å². The molecule has 0 spiro atoms. The molecule has 0 amide bonds. The van der Waals surface area contributed by atoms with Crippen molar-refractivity contribution in [2.45, 2.75) is 82.5 Å². The minimum absolute atomic E-state index is 0.0863. The number of rotatable bonds is 14. The highest BCUT2D eigenvalue weighted by molar-refractivity contribution is 9.10. The van der Waals surface area contributed by atoms with E-state index in [0.717, 1.165) is 60.3 Å². The molecule has 3 rings (SSSR count). The predicted octanol–water partition coefficient (Wildman–Crippen LogP) is 8.60. The second-order valence-electron chi connectivity index (χ2n) is 9.77. The zero-order valence-corrected chi connectivity index (χ0v) is 24.7. The number of carboxylic acid groups (broad SMARTS) is 2. The van der Waals surface area contributed by atoms with Gasteiger partial charge in [-0.3, -0.25) is 9.59 Å². The van der Waals surface area contributed by atoms with Crippen molar-refractivity contribution in [2.24, 2.45) is 0 Å². The predicted molar refractivity (Wildman–Crippen MR) is 152 cm³/mol. The summed E-state index contributed by atoms with van der Waals surface area (Å²) in [6.07, 6.45) is 5.31. The minimum atomic E-state index is -1.57. The third kappa shape index (κ3) is 8.63. The molecule has 2 aromatic rings. The smallest absolute Gasteiger partial charge is 0.449 e. The SMILES string of the molecule is O=C(O)OC(=O)CCCCCCC1(CCCCCCC(=O)OC(=O)O)c2cc(Br)ccc2-c2ccc(Br)cc21. The maximum atomic E-state index is 11.5. The number of fused-ring (bicyclic) bond motifs is 3. The van der Waals surface area contributed by atoms with Crippen LogP contribution in [-0.2, 0) is 24.5 Å². The first-order chi connectivity index (χ1) is 18.6. The maximum Gasteiger partial charge on any atom is 0.513 e. The van der Waals surface area contributed by atoms with Crippen molar-refractivity contribution >= 4 is 56.1 Å². The van der Waals surface area contributed by atoms with Gasteiger partial charge in [-0.2, -0.15) is 0 Å². The monoisotopic (exact) mass is 666 g/mol. The Kier molecular flexibility index (Phi) is 11.5. The first kappa shape index (κ1) is 30.8. The van der Waals surface area contributed by atoms with Crippen molar-refractivity contribution in [3.63, 3.8) is 0 Å². The standard InChI is InChI=1S/C29H32Br2O8/c30-19-11-13-21-22-14-12-20(31)18-24(22)29(23(21)17-19,15-7-3-1-5-9-25(32)38-27(34)35)16-8-4-2-6-10-26(33)39-28(36)37/h11-14,17-18H,1-10,15-16H2,(H,34,35)(H,36,37). The molecule has 0 saturated carbocycles. The van der Waals surface area contributed by atoms with Gasteiger partial charge in [-0.05, 0) is 72.2 Å². The summed E-state index contributed by atoms with van der Waals surface area (Å²) in [6.45, 7) is 0. The molecule has 1 aliphatic rings. The maximum absolute atomic E-state index is 11.5. The van der Waals surface area contributed by atoms with Crippen molar-refractivity contribution < 1.29 is 38.9 Å². The Morgan fingerprint density at radius 1 is 0.615 bits per heavy atom. The number of hydrogen-bond acceptors (Lipinski definition) is 6. The van der Waals surface area contributed by atoms with Gasteiger partial charge >= 0.3 is 24.2 Å². The highest BCUT2D eigenvalue weighted by atomic mass is 79.9. The van der Waals surface area contributed by atoms with E-state index in [-0.39, 0.29) is 18.3 Å². The fourth-order valence-electron chi connectivity index (χ4n) is 5.50. The van der Waals surface area contributed by atoms with Crippen LogP contribution in [0.5, 0.6) is 0 Å². The molecule has 0 heterocycles. The molecule has 0 unspecified atom stereocenters. The Morgan fingerprint density at radius 3 is 1.38 bits per heavy atom. The van der Waals surface area contributed by atoms with Crippen LogP contribution in [0.3, 0.4) is 0 Å². The Labute approximate surface area is 244 Å². The van der Waals surface area contributed by atoms with Crippen LogP contribution in [-0.4, -0.2) is 34.5 Å². The molecule has 0 bridgehead atoms. The summed E-state index contributed by atoms with van der Waals surface area (Å²) in [5.41, 5.74) is 4.85. The summed E-state index contributed by atoms with van der Waals surface area (Å²) in [7, 11) is 0. The third-order valence-corrected chi connectivity index (χ3v) is 8.14. The summed E-state index contributed by atoms with van der Waals surface area (Å²) in [6, 6.07) is 12.9. The van der Waals surface area contributed by atoms with Crippen LogP contribution in [0.25, 0.3) is 11.1 Å². The van der Waals surface area contributed by atoms with Gasteiger partial charge in [0.1, 0.15) is 0 Å². The number of hydrogen-bond donors (Lipinski definition) is 2. The Morgan fingerprint density at radius 2 is 1.00 bits per heavy atom. The van der Waals surface area contributed by atoms with Gasteiger partial charge in [0, 0.05) is 27.2 Å². The molecule has 2 N–H and O–H groups in total. The molecule has 0 aromatic heterocycles. The first-order valence-corrected chi connectivity index (χ1v) is 14.7. The molecular formula is C29H32Br2O8. The molecule has 0 saturated heterocycles. The number of benzene rings is 2. The highest BCUT2D eigenvalue weighted by Gasteiger charge is 2.42. The average molecular weight is 668 g/mol. The van der Waals surface area contributed by atoms with Gasteiger partial charge in [-0.1, -0.05) is 82.5 Å². The average Bonchev–Trinajstić information content (AvgIpc) is 3.11. The summed E-state index contributed by atoms with van der Waals surface area (Å²) >= 11 is 7.32. The third-order valence-electron chi connectivity index (χ3n) is 7.16. The molecular weight excluding hydrogens is 636 g/mol. The Hall–Kier alpha value is -2.72. The number of ether oxygens (including phenoxy) is 2. The lowest BCUT2D eigenvalue weighted by atomic mass is 9.70. The summed E-state index contributed by atoms with van der Waals surface area (Å²) in [4.78, 5) is 44.0. The minimum Gasteiger partial charge on any atom is -0.449 e. The van der Waals surface area contributed by atoms with E-state index in [0.29, 0.717) is 12.8 Å². The van der Waals surface area contributed by atoms with Crippen LogP contribution in [0, 0.1) is 0 Å². The van der Waals surface area contributed by atoms with E-state index in [1.54, 1.807) is 0 Å². The van der Waals surface area contributed by atoms with Crippen molar-refractivity contribution in [1.82, 2.24) is 0 Å². The zero-order chi connectivity index (χ0) is 28.4.